The van der Waals surface area contributed by atoms with E-state index in [2.05, 4.69) is 20.9 Å². The highest BCUT2D eigenvalue weighted by atomic mass is 127. The number of carbonyl (C=O) groups is 1. The first-order valence-corrected chi connectivity index (χ1v) is 7.59. The van der Waals surface area contributed by atoms with Gasteiger partial charge in [-0.15, -0.1) is 24.0 Å². The van der Waals surface area contributed by atoms with Crippen LogP contribution < -0.4 is 16.0 Å². The zero-order valence-corrected chi connectivity index (χ0v) is 16.3. The SMILES string of the molecule is CCNC(=O)c1cccc(CN=C(NCC)NCCOC)c1.I. The largest absolute Gasteiger partial charge is 0.383 e. The van der Waals surface area contributed by atoms with Gasteiger partial charge in [0.2, 0.25) is 0 Å². The van der Waals surface area contributed by atoms with E-state index in [4.69, 9.17) is 4.74 Å². The van der Waals surface area contributed by atoms with Crippen molar-refractivity contribution in [2.75, 3.05) is 33.4 Å². The van der Waals surface area contributed by atoms with Gasteiger partial charge in [-0.25, -0.2) is 4.99 Å². The summed E-state index contributed by atoms with van der Waals surface area (Å²) in [5.41, 5.74) is 1.65. The van der Waals surface area contributed by atoms with Crippen LogP contribution in [0, 0.1) is 0 Å². The van der Waals surface area contributed by atoms with Crippen LogP contribution in [0.15, 0.2) is 29.3 Å². The van der Waals surface area contributed by atoms with E-state index < -0.39 is 0 Å². The molecule has 0 aromatic heterocycles. The Morgan fingerprint density at radius 3 is 2.57 bits per heavy atom. The number of amides is 1. The molecule has 23 heavy (non-hydrogen) atoms. The van der Waals surface area contributed by atoms with Gasteiger partial charge in [-0.2, -0.15) is 0 Å². The molecule has 0 spiro atoms. The van der Waals surface area contributed by atoms with Gasteiger partial charge in [0.25, 0.3) is 5.91 Å². The minimum atomic E-state index is -0.0570. The summed E-state index contributed by atoms with van der Waals surface area (Å²) >= 11 is 0. The third-order valence-corrected chi connectivity index (χ3v) is 2.89. The molecule has 0 atom stereocenters. The predicted molar refractivity (Wildman–Crippen MR) is 105 cm³/mol. The van der Waals surface area contributed by atoms with Crippen LogP contribution in [0.1, 0.15) is 29.8 Å². The van der Waals surface area contributed by atoms with Crippen LogP contribution in [-0.4, -0.2) is 45.2 Å². The lowest BCUT2D eigenvalue weighted by Crippen LogP contribution is -2.38. The van der Waals surface area contributed by atoms with Crippen molar-refractivity contribution in [3.63, 3.8) is 0 Å². The van der Waals surface area contributed by atoms with Crippen molar-refractivity contribution >= 4 is 35.8 Å². The zero-order chi connectivity index (χ0) is 16.2. The minimum Gasteiger partial charge on any atom is -0.383 e. The molecule has 1 aromatic carbocycles. The van der Waals surface area contributed by atoms with Gasteiger partial charge in [-0.1, -0.05) is 12.1 Å². The van der Waals surface area contributed by atoms with E-state index in [0.29, 0.717) is 31.8 Å². The maximum Gasteiger partial charge on any atom is 0.251 e. The average Bonchev–Trinajstić information content (AvgIpc) is 2.53. The van der Waals surface area contributed by atoms with Crippen LogP contribution in [0.4, 0.5) is 0 Å². The zero-order valence-electron chi connectivity index (χ0n) is 14.0. The number of benzene rings is 1. The first-order valence-electron chi connectivity index (χ1n) is 7.59. The van der Waals surface area contributed by atoms with Crippen LogP contribution in [-0.2, 0) is 11.3 Å². The molecule has 0 bridgehead atoms. The highest BCUT2D eigenvalue weighted by Gasteiger charge is 2.04. The summed E-state index contributed by atoms with van der Waals surface area (Å²) in [6.45, 7) is 7.16. The van der Waals surface area contributed by atoms with Gasteiger partial charge in [0, 0.05) is 32.3 Å². The number of hydrogen-bond donors (Lipinski definition) is 3. The van der Waals surface area contributed by atoms with Gasteiger partial charge >= 0.3 is 0 Å². The molecule has 3 N–H and O–H groups in total. The summed E-state index contributed by atoms with van der Waals surface area (Å²) in [4.78, 5) is 16.3. The number of carbonyl (C=O) groups excluding carboxylic acids is 1. The Hall–Kier alpha value is -1.35. The number of nitrogens with zero attached hydrogens (tertiary/aromatic N) is 1. The number of rotatable bonds is 8. The first-order chi connectivity index (χ1) is 10.7. The van der Waals surface area contributed by atoms with Crippen molar-refractivity contribution in [1.29, 1.82) is 0 Å². The second-order valence-electron chi connectivity index (χ2n) is 4.67. The molecule has 6 nitrogen and oxygen atoms in total. The molecule has 7 heteroatoms. The Bertz CT molecular complexity index is 495. The van der Waals surface area contributed by atoms with Gasteiger partial charge in [-0.05, 0) is 31.5 Å². The smallest absolute Gasteiger partial charge is 0.251 e. The molecular weight excluding hydrogens is 407 g/mol. The molecular formula is C16H27IN4O2. The number of guanidine groups is 1. The molecule has 130 valence electrons. The topological polar surface area (TPSA) is 74.8 Å². The minimum absolute atomic E-state index is 0. The molecule has 0 saturated carbocycles. The number of halogens is 1. The summed E-state index contributed by atoms with van der Waals surface area (Å²) in [5.74, 6) is 0.682. The summed E-state index contributed by atoms with van der Waals surface area (Å²) in [7, 11) is 1.67. The standard InChI is InChI=1S/C16H26N4O2.HI/c1-4-17-15(21)14-8-6-7-13(11-14)12-20-16(18-5-2)19-9-10-22-3;/h6-8,11H,4-5,9-10,12H2,1-3H3,(H,17,21)(H2,18,19,20);1H. The lowest BCUT2D eigenvalue weighted by atomic mass is 10.1. The van der Waals surface area contributed by atoms with Gasteiger partial charge in [0.15, 0.2) is 5.96 Å². The van der Waals surface area contributed by atoms with Crippen molar-refractivity contribution in [1.82, 2.24) is 16.0 Å². The summed E-state index contributed by atoms with van der Waals surface area (Å²) in [6.07, 6.45) is 0. The third kappa shape index (κ3) is 8.75. The fourth-order valence-electron chi connectivity index (χ4n) is 1.86. The predicted octanol–water partition coefficient (Wildman–Crippen LogP) is 1.76. The molecule has 0 aliphatic rings. The molecule has 0 unspecified atom stereocenters. The van der Waals surface area contributed by atoms with E-state index in [1.54, 1.807) is 13.2 Å². The monoisotopic (exact) mass is 434 g/mol. The van der Waals surface area contributed by atoms with Crippen LogP contribution >= 0.6 is 24.0 Å². The molecule has 0 radical (unpaired) electrons. The summed E-state index contributed by atoms with van der Waals surface area (Å²) in [5, 5.41) is 9.15. The normalized spacial score (nSPS) is 10.7. The average molecular weight is 434 g/mol. The fourth-order valence-corrected chi connectivity index (χ4v) is 1.86. The number of aliphatic imine (C=N–C) groups is 1. The van der Waals surface area contributed by atoms with E-state index in [1.165, 1.54) is 0 Å². The highest BCUT2D eigenvalue weighted by molar-refractivity contribution is 14.0. The molecule has 0 aliphatic heterocycles. The van der Waals surface area contributed by atoms with Crippen molar-refractivity contribution < 1.29 is 9.53 Å². The van der Waals surface area contributed by atoms with Gasteiger partial charge < -0.3 is 20.7 Å². The van der Waals surface area contributed by atoms with Gasteiger partial charge in [-0.3, -0.25) is 4.79 Å². The van der Waals surface area contributed by atoms with Crippen LogP contribution in [0.3, 0.4) is 0 Å². The van der Waals surface area contributed by atoms with Gasteiger partial charge in [0.1, 0.15) is 0 Å². The number of hydrogen-bond acceptors (Lipinski definition) is 3. The molecule has 0 fully saturated rings. The van der Waals surface area contributed by atoms with Crippen molar-refractivity contribution in [2.24, 2.45) is 4.99 Å². The Balaban J connectivity index is 0.00000484. The van der Waals surface area contributed by atoms with E-state index >= 15 is 0 Å². The van der Waals surface area contributed by atoms with E-state index in [9.17, 15) is 4.79 Å². The molecule has 0 saturated heterocycles. The van der Waals surface area contributed by atoms with Crippen molar-refractivity contribution in [3.8, 4) is 0 Å². The van der Waals surface area contributed by atoms with Crippen LogP contribution in [0.2, 0.25) is 0 Å². The molecule has 1 amide bonds. The summed E-state index contributed by atoms with van der Waals surface area (Å²) < 4.78 is 5.01. The van der Waals surface area contributed by atoms with Crippen LogP contribution in [0.25, 0.3) is 0 Å². The first kappa shape index (κ1) is 21.6. The molecule has 1 rings (SSSR count). The van der Waals surface area contributed by atoms with E-state index in [0.717, 1.165) is 18.1 Å². The number of methoxy groups -OCH3 is 1. The highest BCUT2D eigenvalue weighted by Crippen LogP contribution is 2.06. The second kappa shape index (κ2) is 13.1. The van der Waals surface area contributed by atoms with Crippen molar-refractivity contribution in [3.05, 3.63) is 35.4 Å². The number of nitrogens with one attached hydrogen (secondary N) is 3. The van der Waals surface area contributed by atoms with Gasteiger partial charge in [0.05, 0.1) is 13.2 Å². The maximum absolute atomic E-state index is 11.8. The lowest BCUT2D eigenvalue weighted by molar-refractivity contribution is 0.0955. The quantitative estimate of drug-likeness (QED) is 0.252. The lowest BCUT2D eigenvalue weighted by Gasteiger charge is -2.11. The van der Waals surface area contributed by atoms with Crippen LogP contribution in [0.5, 0.6) is 0 Å². The molecule has 0 aliphatic carbocycles. The van der Waals surface area contributed by atoms with E-state index in [-0.39, 0.29) is 29.9 Å². The Labute approximate surface area is 155 Å². The van der Waals surface area contributed by atoms with Crippen molar-refractivity contribution in [2.45, 2.75) is 20.4 Å². The second-order valence-corrected chi connectivity index (χ2v) is 4.67. The Kier molecular flexibility index (Phi) is 12.4. The third-order valence-electron chi connectivity index (χ3n) is 2.89. The molecule has 0 heterocycles. The molecule has 1 aromatic rings. The van der Waals surface area contributed by atoms with E-state index in [1.807, 2.05) is 32.0 Å². The Morgan fingerprint density at radius 1 is 1.17 bits per heavy atom. The Morgan fingerprint density at radius 2 is 1.91 bits per heavy atom. The number of ether oxygens (including phenoxy) is 1. The summed E-state index contributed by atoms with van der Waals surface area (Å²) in [6, 6.07) is 7.51. The fraction of sp³-hybridized carbons (Fsp3) is 0.500. The maximum atomic E-state index is 11.8.